The van der Waals surface area contributed by atoms with Crippen molar-refractivity contribution in [3.8, 4) is 12.3 Å². The zero-order valence-electron chi connectivity index (χ0n) is 15.0. The molecule has 0 fully saturated rings. The molecule has 1 heterocycles. The van der Waals surface area contributed by atoms with Gasteiger partial charge in [0, 0.05) is 13.1 Å². The smallest absolute Gasteiger partial charge is 0.318 e. The molecule has 4 nitrogen and oxygen atoms in total. The molecule has 0 saturated carbocycles. The average Bonchev–Trinajstić information content (AvgIpc) is 3.10. The highest BCUT2D eigenvalue weighted by atomic mass is 32.1. The highest BCUT2D eigenvalue weighted by Crippen LogP contribution is 2.20. The molecule has 0 aliphatic carbocycles. The number of likely N-dealkylation sites (N-methyl/N-ethyl adjacent to an activating group) is 1. The number of amides is 2. The molecular weight excluding hydrogens is 330 g/mol. The van der Waals surface area contributed by atoms with E-state index in [9.17, 15) is 4.79 Å². The van der Waals surface area contributed by atoms with Crippen LogP contribution in [0.15, 0.2) is 41.1 Å². The van der Waals surface area contributed by atoms with E-state index in [1.165, 1.54) is 11.1 Å². The molecule has 0 saturated heterocycles. The van der Waals surface area contributed by atoms with Gasteiger partial charge in [-0.05, 0) is 49.0 Å². The van der Waals surface area contributed by atoms with E-state index in [0.29, 0.717) is 13.1 Å². The van der Waals surface area contributed by atoms with Crippen molar-refractivity contribution in [2.75, 3.05) is 27.2 Å². The monoisotopic (exact) mass is 355 g/mol. The Morgan fingerprint density at radius 2 is 2.00 bits per heavy atom. The summed E-state index contributed by atoms with van der Waals surface area (Å²) >= 11 is 1.66. The van der Waals surface area contributed by atoms with Crippen molar-refractivity contribution in [2.45, 2.75) is 19.5 Å². The Balaban J connectivity index is 1.99. The van der Waals surface area contributed by atoms with Gasteiger partial charge in [0.05, 0.1) is 12.6 Å². The third-order valence-corrected chi connectivity index (χ3v) is 4.76. The van der Waals surface area contributed by atoms with Crippen LogP contribution in [0.1, 0.15) is 22.7 Å². The van der Waals surface area contributed by atoms with Gasteiger partial charge in [-0.2, -0.15) is 11.3 Å². The number of rotatable bonds is 7. The molecular formula is C20H25N3OS. The van der Waals surface area contributed by atoms with Crippen molar-refractivity contribution in [1.29, 1.82) is 0 Å². The standard InChI is InChI=1S/C20H25N3OS/c1-5-11-23(14-17-8-6-16(2)7-9-17)20(24)21-13-19(22(3)4)18-10-12-25-15-18/h1,6-10,12,15,19H,11,13-14H2,2-4H3,(H,21,24). The maximum atomic E-state index is 12.6. The maximum Gasteiger partial charge on any atom is 0.318 e. The molecule has 1 atom stereocenters. The second kappa shape index (κ2) is 9.26. The van der Waals surface area contributed by atoms with Crippen LogP contribution >= 0.6 is 11.3 Å². The summed E-state index contributed by atoms with van der Waals surface area (Å²) in [5.74, 6) is 2.57. The van der Waals surface area contributed by atoms with E-state index in [-0.39, 0.29) is 18.6 Å². The van der Waals surface area contributed by atoms with Crippen LogP contribution < -0.4 is 5.32 Å². The third kappa shape index (κ3) is 5.63. The van der Waals surface area contributed by atoms with E-state index in [4.69, 9.17) is 6.42 Å². The Hall–Kier alpha value is -2.29. The number of nitrogens with zero attached hydrogens (tertiary/aromatic N) is 2. The molecule has 0 bridgehead atoms. The number of carbonyl (C=O) groups is 1. The second-order valence-corrected chi connectivity index (χ2v) is 7.05. The van der Waals surface area contributed by atoms with Crippen LogP contribution in [-0.4, -0.2) is 43.0 Å². The lowest BCUT2D eigenvalue weighted by molar-refractivity contribution is 0.196. The van der Waals surface area contributed by atoms with Gasteiger partial charge >= 0.3 is 6.03 Å². The van der Waals surface area contributed by atoms with E-state index in [1.807, 2.05) is 45.3 Å². The van der Waals surface area contributed by atoms with Gasteiger partial charge < -0.3 is 15.1 Å². The first-order valence-electron chi connectivity index (χ1n) is 8.21. The maximum absolute atomic E-state index is 12.6. The number of urea groups is 1. The average molecular weight is 356 g/mol. The molecule has 1 N–H and O–H groups in total. The number of terminal acetylenes is 1. The van der Waals surface area contributed by atoms with Crippen molar-refractivity contribution in [2.24, 2.45) is 0 Å². The minimum Gasteiger partial charge on any atom is -0.336 e. The van der Waals surface area contributed by atoms with Gasteiger partial charge in [0.15, 0.2) is 0 Å². The molecule has 1 aromatic carbocycles. The molecule has 25 heavy (non-hydrogen) atoms. The van der Waals surface area contributed by atoms with E-state index >= 15 is 0 Å². The lowest BCUT2D eigenvalue weighted by Gasteiger charge is -2.26. The SMILES string of the molecule is C#CCN(Cc1ccc(C)cc1)C(=O)NCC(c1ccsc1)N(C)C. The first kappa shape index (κ1) is 19.0. The van der Waals surface area contributed by atoms with Crippen molar-refractivity contribution in [3.63, 3.8) is 0 Å². The quantitative estimate of drug-likeness (QED) is 0.772. The molecule has 2 amide bonds. The predicted molar refractivity (Wildman–Crippen MR) is 105 cm³/mol. The Kier molecular flexibility index (Phi) is 7.05. The van der Waals surface area contributed by atoms with Crippen LogP contribution in [0, 0.1) is 19.3 Å². The normalized spacial score (nSPS) is 11.8. The molecule has 2 aromatic rings. The van der Waals surface area contributed by atoms with Crippen molar-refractivity contribution in [1.82, 2.24) is 15.1 Å². The van der Waals surface area contributed by atoms with Crippen LogP contribution in [-0.2, 0) is 6.54 Å². The summed E-state index contributed by atoms with van der Waals surface area (Å²) < 4.78 is 0. The fourth-order valence-corrected chi connectivity index (χ4v) is 3.29. The van der Waals surface area contributed by atoms with Crippen LogP contribution in [0.5, 0.6) is 0 Å². The highest BCUT2D eigenvalue weighted by Gasteiger charge is 2.18. The Bertz CT molecular complexity index is 702. The zero-order chi connectivity index (χ0) is 18.2. The Labute approximate surface area is 154 Å². The molecule has 1 aromatic heterocycles. The third-order valence-electron chi connectivity index (χ3n) is 4.06. The van der Waals surface area contributed by atoms with E-state index in [1.54, 1.807) is 16.2 Å². The fraction of sp³-hybridized carbons (Fsp3) is 0.350. The van der Waals surface area contributed by atoms with Gasteiger partial charge in [0.25, 0.3) is 0 Å². The van der Waals surface area contributed by atoms with E-state index in [0.717, 1.165) is 5.56 Å². The van der Waals surface area contributed by atoms with Gasteiger partial charge in [0.1, 0.15) is 0 Å². The molecule has 0 aliphatic rings. The van der Waals surface area contributed by atoms with Gasteiger partial charge in [-0.3, -0.25) is 0 Å². The molecule has 5 heteroatoms. The van der Waals surface area contributed by atoms with Crippen LogP contribution in [0.3, 0.4) is 0 Å². The van der Waals surface area contributed by atoms with E-state index < -0.39 is 0 Å². The summed E-state index contributed by atoms with van der Waals surface area (Å²) in [4.78, 5) is 16.4. The Morgan fingerprint density at radius 1 is 1.28 bits per heavy atom. The van der Waals surface area contributed by atoms with Crippen molar-refractivity contribution in [3.05, 3.63) is 57.8 Å². The van der Waals surface area contributed by atoms with Crippen LogP contribution in [0.2, 0.25) is 0 Å². The number of hydrogen-bond donors (Lipinski definition) is 1. The van der Waals surface area contributed by atoms with E-state index in [2.05, 4.69) is 33.0 Å². The minimum absolute atomic E-state index is 0.138. The predicted octanol–water partition coefficient (Wildman–Crippen LogP) is 3.50. The lowest BCUT2D eigenvalue weighted by atomic mass is 10.1. The minimum atomic E-state index is -0.138. The van der Waals surface area contributed by atoms with Gasteiger partial charge in [-0.1, -0.05) is 35.7 Å². The zero-order valence-corrected chi connectivity index (χ0v) is 15.8. The molecule has 0 aliphatic heterocycles. The summed E-state index contributed by atoms with van der Waals surface area (Å²) in [6.45, 7) is 3.37. The number of carbonyl (C=O) groups excluding carboxylic acids is 1. The fourth-order valence-electron chi connectivity index (χ4n) is 2.58. The van der Waals surface area contributed by atoms with Gasteiger partial charge in [-0.25, -0.2) is 4.79 Å². The summed E-state index contributed by atoms with van der Waals surface area (Å²) in [5, 5.41) is 7.19. The summed E-state index contributed by atoms with van der Waals surface area (Å²) in [6.07, 6.45) is 5.45. The molecule has 0 spiro atoms. The number of hydrogen-bond acceptors (Lipinski definition) is 3. The largest absolute Gasteiger partial charge is 0.336 e. The van der Waals surface area contributed by atoms with Crippen LogP contribution in [0.25, 0.3) is 0 Å². The topological polar surface area (TPSA) is 35.6 Å². The van der Waals surface area contributed by atoms with Crippen LogP contribution in [0.4, 0.5) is 4.79 Å². The number of benzene rings is 1. The second-order valence-electron chi connectivity index (χ2n) is 6.27. The first-order chi connectivity index (χ1) is 12.0. The summed E-state index contributed by atoms with van der Waals surface area (Å²) in [5.41, 5.74) is 3.47. The number of aryl methyl sites for hydroxylation is 1. The summed E-state index contributed by atoms with van der Waals surface area (Å²) in [7, 11) is 4.03. The molecule has 132 valence electrons. The Morgan fingerprint density at radius 3 is 2.56 bits per heavy atom. The van der Waals surface area contributed by atoms with Gasteiger partial charge in [0.2, 0.25) is 0 Å². The van der Waals surface area contributed by atoms with Crippen molar-refractivity contribution < 1.29 is 4.79 Å². The lowest BCUT2D eigenvalue weighted by Crippen LogP contribution is -2.43. The van der Waals surface area contributed by atoms with Gasteiger partial charge in [-0.15, -0.1) is 6.42 Å². The van der Waals surface area contributed by atoms with Crippen molar-refractivity contribution >= 4 is 17.4 Å². The highest BCUT2D eigenvalue weighted by molar-refractivity contribution is 7.07. The number of thiophene rings is 1. The number of nitrogens with one attached hydrogen (secondary N) is 1. The molecule has 2 rings (SSSR count). The molecule has 0 radical (unpaired) electrons. The molecule has 1 unspecified atom stereocenters. The first-order valence-corrected chi connectivity index (χ1v) is 9.16. The summed E-state index contributed by atoms with van der Waals surface area (Å²) in [6, 6.07) is 10.2.